The summed E-state index contributed by atoms with van der Waals surface area (Å²) < 4.78 is 0. The van der Waals surface area contributed by atoms with Crippen LogP contribution in [-0.4, -0.2) is 39.3 Å². The molecule has 4 heteroatoms. The van der Waals surface area contributed by atoms with Crippen LogP contribution in [0.5, 0.6) is 0 Å². The molecule has 2 atom stereocenters. The summed E-state index contributed by atoms with van der Waals surface area (Å²) >= 11 is 0. The Kier molecular flexibility index (Phi) is 5.02. The zero-order valence-corrected chi connectivity index (χ0v) is 13.7. The number of nitrogens with zero attached hydrogens (tertiary/aromatic N) is 1. The molecule has 0 heterocycles. The zero-order chi connectivity index (χ0) is 16.3. The predicted octanol–water partition coefficient (Wildman–Crippen LogP) is 2.48. The molecule has 3 rings (SSSR count). The molecule has 4 nitrogen and oxygen atoms in total. The highest BCUT2D eigenvalue weighted by molar-refractivity contribution is 5.80. The van der Waals surface area contributed by atoms with Gasteiger partial charge in [0.15, 0.2) is 0 Å². The fraction of sp³-hybridized carbons (Fsp3) is 0.632. The second-order valence-electron chi connectivity index (χ2n) is 7.22. The van der Waals surface area contributed by atoms with Gasteiger partial charge in [0, 0.05) is 13.1 Å². The first-order chi connectivity index (χ1) is 11.1. The minimum Gasteiger partial charge on any atom is -0.392 e. The predicted molar refractivity (Wildman–Crippen MR) is 88.6 cm³/mol. The van der Waals surface area contributed by atoms with E-state index in [-0.39, 0.29) is 11.8 Å². The van der Waals surface area contributed by atoms with Crippen LogP contribution in [0, 0.1) is 5.92 Å². The molecule has 126 valence electrons. The van der Waals surface area contributed by atoms with Crippen molar-refractivity contribution in [3.8, 4) is 0 Å². The molecule has 0 aromatic heterocycles. The summed E-state index contributed by atoms with van der Waals surface area (Å²) in [6.07, 6.45) is 5.41. The molecule has 1 aromatic rings. The first-order valence-corrected chi connectivity index (χ1v) is 8.81. The third-order valence-electron chi connectivity index (χ3n) is 5.34. The van der Waals surface area contributed by atoms with Crippen LogP contribution >= 0.6 is 0 Å². The van der Waals surface area contributed by atoms with Crippen molar-refractivity contribution >= 4 is 5.91 Å². The smallest absolute Gasteiger partial charge is 0.228 e. The largest absolute Gasteiger partial charge is 0.392 e. The minimum absolute atomic E-state index is 0.000761. The summed E-state index contributed by atoms with van der Waals surface area (Å²) in [6.45, 7) is 0.884. The van der Waals surface area contributed by atoms with E-state index in [0.29, 0.717) is 19.5 Å². The van der Waals surface area contributed by atoms with E-state index in [2.05, 4.69) is 0 Å². The number of rotatable bonds is 5. The van der Waals surface area contributed by atoms with Gasteiger partial charge in [-0.1, -0.05) is 43.2 Å². The number of aliphatic hydroxyl groups excluding tert-OH is 1. The van der Waals surface area contributed by atoms with E-state index in [1.54, 1.807) is 4.90 Å². The van der Waals surface area contributed by atoms with Gasteiger partial charge in [0.1, 0.15) is 0 Å². The lowest BCUT2D eigenvalue weighted by Gasteiger charge is -2.33. The van der Waals surface area contributed by atoms with Gasteiger partial charge in [-0.3, -0.25) is 4.79 Å². The Labute approximate surface area is 138 Å². The van der Waals surface area contributed by atoms with Crippen molar-refractivity contribution in [2.24, 2.45) is 5.92 Å². The molecule has 0 saturated heterocycles. The summed E-state index contributed by atoms with van der Waals surface area (Å²) in [5.74, 6) is -0.303. The number of aliphatic hydroxyl groups is 2. The van der Waals surface area contributed by atoms with Crippen LogP contribution < -0.4 is 0 Å². The summed E-state index contributed by atoms with van der Waals surface area (Å²) in [4.78, 5) is 14.7. The maximum atomic E-state index is 12.9. The van der Waals surface area contributed by atoms with Gasteiger partial charge in [-0.05, 0) is 37.7 Å². The number of hydrogen-bond acceptors (Lipinski definition) is 3. The monoisotopic (exact) mass is 317 g/mol. The van der Waals surface area contributed by atoms with Crippen LogP contribution in [0.1, 0.15) is 50.5 Å². The van der Waals surface area contributed by atoms with E-state index in [9.17, 15) is 15.0 Å². The Morgan fingerprint density at radius 2 is 1.83 bits per heavy atom. The molecule has 0 bridgehead atoms. The Hall–Kier alpha value is -1.39. The van der Waals surface area contributed by atoms with Crippen molar-refractivity contribution in [2.75, 3.05) is 6.54 Å². The lowest BCUT2D eigenvalue weighted by molar-refractivity contribution is -0.142. The molecule has 2 saturated carbocycles. The van der Waals surface area contributed by atoms with E-state index in [1.807, 2.05) is 30.3 Å². The third-order valence-corrected chi connectivity index (χ3v) is 5.34. The Bertz CT molecular complexity index is 525. The Morgan fingerprint density at radius 3 is 2.43 bits per heavy atom. The summed E-state index contributed by atoms with van der Waals surface area (Å²) in [6, 6.07) is 9.90. The van der Waals surface area contributed by atoms with Gasteiger partial charge in [-0.25, -0.2) is 0 Å². The second-order valence-corrected chi connectivity index (χ2v) is 7.22. The molecular formula is C19H27NO3. The van der Waals surface area contributed by atoms with Gasteiger partial charge < -0.3 is 15.1 Å². The van der Waals surface area contributed by atoms with Crippen LogP contribution in [0.15, 0.2) is 30.3 Å². The van der Waals surface area contributed by atoms with Gasteiger partial charge in [0.05, 0.1) is 17.6 Å². The lowest BCUT2D eigenvalue weighted by atomic mass is 9.98. The highest BCUT2D eigenvalue weighted by atomic mass is 16.3. The molecular weight excluding hydrogens is 290 g/mol. The molecule has 23 heavy (non-hydrogen) atoms. The van der Waals surface area contributed by atoms with Crippen LogP contribution in [0.25, 0.3) is 0 Å². The molecule has 2 unspecified atom stereocenters. The van der Waals surface area contributed by atoms with Crippen molar-refractivity contribution in [2.45, 2.75) is 63.2 Å². The molecule has 1 amide bonds. The molecule has 1 aromatic carbocycles. The third kappa shape index (κ3) is 3.93. The average molecular weight is 317 g/mol. The minimum atomic E-state index is -0.756. The van der Waals surface area contributed by atoms with Crippen molar-refractivity contribution in [3.05, 3.63) is 35.9 Å². The summed E-state index contributed by atoms with van der Waals surface area (Å²) in [5.41, 5.74) is 0.309. The topological polar surface area (TPSA) is 60.8 Å². The van der Waals surface area contributed by atoms with Crippen molar-refractivity contribution in [1.82, 2.24) is 4.90 Å². The van der Waals surface area contributed by atoms with E-state index in [0.717, 1.165) is 44.1 Å². The van der Waals surface area contributed by atoms with Crippen LogP contribution in [0.2, 0.25) is 0 Å². The summed E-state index contributed by atoms with van der Waals surface area (Å²) in [5, 5.41) is 20.8. The van der Waals surface area contributed by atoms with Crippen molar-refractivity contribution in [3.63, 3.8) is 0 Å². The van der Waals surface area contributed by atoms with Crippen molar-refractivity contribution < 1.29 is 15.0 Å². The van der Waals surface area contributed by atoms with E-state index in [4.69, 9.17) is 0 Å². The van der Waals surface area contributed by atoms with E-state index < -0.39 is 11.7 Å². The number of amides is 1. The number of carbonyl (C=O) groups is 1. The first kappa shape index (κ1) is 16.5. The van der Waals surface area contributed by atoms with Crippen LogP contribution in [-0.2, 0) is 11.3 Å². The number of benzene rings is 1. The van der Waals surface area contributed by atoms with Crippen LogP contribution in [0.3, 0.4) is 0 Å². The van der Waals surface area contributed by atoms with Crippen LogP contribution in [0.4, 0.5) is 0 Å². The highest BCUT2D eigenvalue weighted by Crippen LogP contribution is 2.33. The van der Waals surface area contributed by atoms with Gasteiger partial charge in [-0.15, -0.1) is 0 Å². The first-order valence-electron chi connectivity index (χ1n) is 8.81. The Morgan fingerprint density at radius 1 is 1.13 bits per heavy atom. The molecule has 0 radical (unpaired) electrons. The standard InChI is InChI=1S/C19H27NO3/c21-17-10-6-9-16(17)18(22)20(13-15-7-2-1-3-8-15)14-19(23)11-4-5-12-19/h1-3,7-8,16-17,21,23H,4-6,9-14H2. The Balaban J connectivity index is 1.76. The summed E-state index contributed by atoms with van der Waals surface area (Å²) in [7, 11) is 0. The molecule has 0 aliphatic heterocycles. The van der Waals surface area contributed by atoms with Gasteiger partial charge in [-0.2, -0.15) is 0 Å². The maximum Gasteiger partial charge on any atom is 0.228 e. The van der Waals surface area contributed by atoms with Crippen molar-refractivity contribution in [1.29, 1.82) is 0 Å². The number of hydrogen-bond donors (Lipinski definition) is 2. The maximum absolute atomic E-state index is 12.9. The molecule has 2 aliphatic carbocycles. The fourth-order valence-electron chi connectivity index (χ4n) is 4.03. The SMILES string of the molecule is O=C(C1CCCC1O)N(Cc1ccccc1)CC1(O)CCCC1. The highest BCUT2D eigenvalue weighted by Gasteiger charge is 2.39. The van der Waals surface area contributed by atoms with Gasteiger partial charge in [0.2, 0.25) is 5.91 Å². The quantitative estimate of drug-likeness (QED) is 0.877. The molecule has 0 spiro atoms. The fourth-order valence-corrected chi connectivity index (χ4v) is 4.03. The lowest BCUT2D eigenvalue weighted by Crippen LogP contribution is -2.47. The molecule has 2 fully saturated rings. The second kappa shape index (κ2) is 7.02. The van der Waals surface area contributed by atoms with Gasteiger partial charge >= 0.3 is 0 Å². The zero-order valence-electron chi connectivity index (χ0n) is 13.7. The van der Waals surface area contributed by atoms with E-state index >= 15 is 0 Å². The van der Waals surface area contributed by atoms with E-state index in [1.165, 1.54) is 0 Å². The number of carbonyl (C=O) groups excluding carboxylic acids is 1. The molecule has 2 aliphatic rings. The average Bonchev–Trinajstić information content (AvgIpc) is 3.16. The normalized spacial score (nSPS) is 26.3. The van der Waals surface area contributed by atoms with Gasteiger partial charge in [0.25, 0.3) is 0 Å². The molecule has 2 N–H and O–H groups in total.